The number of thiocarbonyl (C=S) groups is 1. The Hall–Kier alpha value is -1.34. The van der Waals surface area contributed by atoms with Gasteiger partial charge in [0, 0.05) is 25.8 Å². The Kier molecular flexibility index (Phi) is 6.65. The Balaban J connectivity index is 1.95. The van der Waals surface area contributed by atoms with Crippen LogP contribution in [-0.2, 0) is 9.59 Å². The first-order chi connectivity index (χ1) is 11.1. The van der Waals surface area contributed by atoms with Gasteiger partial charge in [-0.25, -0.2) is 0 Å². The maximum atomic E-state index is 12.4. The number of amides is 2. The molecule has 6 nitrogen and oxygen atoms in total. The SMILES string of the molecule is CCN1C(=O)C(C=NCCN2CCCCC2)C(=O)N(CC)C1=S. The van der Waals surface area contributed by atoms with Crippen molar-refractivity contribution in [2.24, 2.45) is 10.9 Å². The molecule has 2 aliphatic heterocycles. The van der Waals surface area contributed by atoms with Crippen molar-refractivity contribution in [1.82, 2.24) is 14.7 Å². The van der Waals surface area contributed by atoms with Crippen molar-refractivity contribution in [3.63, 3.8) is 0 Å². The monoisotopic (exact) mass is 338 g/mol. The molecule has 2 saturated heterocycles. The largest absolute Gasteiger partial charge is 0.302 e. The van der Waals surface area contributed by atoms with Gasteiger partial charge >= 0.3 is 0 Å². The second-order valence-corrected chi connectivity index (χ2v) is 6.25. The van der Waals surface area contributed by atoms with Crippen LogP contribution in [0.4, 0.5) is 0 Å². The Labute approximate surface area is 143 Å². The van der Waals surface area contributed by atoms with Gasteiger partial charge < -0.3 is 4.90 Å². The van der Waals surface area contributed by atoms with E-state index in [1.54, 1.807) is 0 Å². The van der Waals surface area contributed by atoms with Crippen LogP contribution in [0.15, 0.2) is 4.99 Å². The van der Waals surface area contributed by atoms with Crippen LogP contribution in [-0.4, -0.2) is 77.1 Å². The summed E-state index contributed by atoms with van der Waals surface area (Å²) in [5.74, 6) is -1.34. The minimum atomic E-state index is -0.831. The third-order valence-electron chi connectivity index (χ3n) is 4.41. The van der Waals surface area contributed by atoms with Gasteiger partial charge in [-0.3, -0.25) is 24.4 Å². The molecule has 2 heterocycles. The molecule has 2 fully saturated rings. The summed E-state index contributed by atoms with van der Waals surface area (Å²) in [6.45, 7) is 8.42. The Morgan fingerprint density at radius 1 is 1.09 bits per heavy atom. The molecule has 0 atom stereocenters. The maximum absolute atomic E-state index is 12.4. The van der Waals surface area contributed by atoms with Crippen LogP contribution in [0.25, 0.3) is 0 Å². The molecule has 2 amide bonds. The van der Waals surface area contributed by atoms with Gasteiger partial charge in [0.2, 0.25) is 11.8 Å². The first-order valence-corrected chi connectivity index (χ1v) is 8.90. The third kappa shape index (κ3) is 4.14. The molecule has 0 radical (unpaired) electrons. The van der Waals surface area contributed by atoms with Gasteiger partial charge in [-0.1, -0.05) is 6.42 Å². The summed E-state index contributed by atoms with van der Waals surface area (Å²) >= 11 is 5.23. The van der Waals surface area contributed by atoms with Gasteiger partial charge in [0.05, 0.1) is 6.54 Å². The van der Waals surface area contributed by atoms with Crippen molar-refractivity contribution >= 4 is 35.4 Å². The fourth-order valence-corrected chi connectivity index (χ4v) is 3.49. The van der Waals surface area contributed by atoms with Crippen molar-refractivity contribution in [2.45, 2.75) is 33.1 Å². The zero-order valence-electron chi connectivity index (χ0n) is 14.0. The molecule has 23 heavy (non-hydrogen) atoms. The van der Waals surface area contributed by atoms with Gasteiger partial charge in [0.15, 0.2) is 11.0 Å². The van der Waals surface area contributed by atoms with E-state index in [9.17, 15) is 9.59 Å². The smallest absolute Gasteiger partial charge is 0.246 e. The predicted octanol–water partition coefficient (Wildman–Crippen LogP) is 1.15. The quantitative estimate of drug-likeness (QED) is 0.414. The molecule has 0 saturated carbocycles. The van der Waals surface area contributed by atoms with E-state index in [2.05, 4.69) is 9.89 Å². The Morgan fingerprint density at radius 2 is 1.65 bits per heavy atom. The summed E-state index contributed by atoms with van der Waals surface area (Å²) in [5.41, 5.74) is 0. The summed E-state index contributed by atoms with van der Waals surface area (Å²) in [7, 11) is 0. The number of hydrogen-bond donors (Lipinski definition) is 0. The Bertz CT molecular complexity index is 462. The van der Waals surface area contributed by atoms with Crippen LogP contribution in [0.3, 0.4) is 0 Å². The van der Waals surface area contributed by atoms with Crippen molar-refractivity contribution in [3.8, 4) is 0 Å². The number of carbonyl (C=O) groups is 2. The lowest BCUT2D eigenvalue weighted by Crippen LogP contribution is -2.59. The molecule has 0 unspecified atom stereocenters. The lowest BCUT2D eigenvalue weighted by atomic mass is 10.1. The molecule has 0 aromatic carbocycles. The second kappa shape index (κ2) is 8.49. The summed E-state index contributed by atoms with van der Waals surface area (Å²) in [6, 6.07) is 0. The summed E-state index contributed by atoms with van der Waals surface area (Å²) < 4.78 is 0. The second-order valence-electron chi connectivity index (χ2n) is 5.88. The normalized spacial score (nSPS) is 21.7. The minimum Gasteiger partial charge on any atom is -0.302 e. The minimum absolute atomic E-state index is 0.256. The molecular formula is C16H26N4O2S. The zero-order valence-corrected chi connectivity index (χ0v) is 14.8. The van der Waals surface area contributed by atoms with E-state index in [1.807, 2.05) is 13.8 Å². The lowest BCUT2D eigenvalue weighted by molar-refractivity contribution is -0.143. The van der Waals surface area contributed by atoms with E-state index >= 15 is 0 Å². The molecule has 0 aromatic heterocycles. The van der Waals surface area contributed by atoms with E-state index in [0.29, 0.717) is 24.7 Å². The highest BCUT2D eigenvalue weighted by atomic mass is 32.1. The van der Waals surface area contributed by atoms with Crippen LogP contribution in [0.1, 0.15) is 33.1 Å². The fraction of sp³-hybridized carbons (Fsp3) is 0.750. The molecule has 7 heteroatoms. The molecule has 2 aliphatic rings. The maximum Gasteiger partial charge on any atom is 0.246 e. The van der Waals surface area contributed by atoms with E-state index in [1.165, 1.54) is 35.3 Å². The molecular weight excluding hydrogens is 312 g/mol. The average Bonchev–Trinajstić information content (AvgIpc) is 2.56. The number of nitrogens with zero attached hydrogens (tertiary/aromatic N) is 4. The molecule has 128 valence electrons. The first kappa shape index (κ1) is 18.0. The number of hydrogen-bond acceptors (Lipinski definition) is 5. The van der Waals surface area contributed by atoms with Gasteiger partial charge in [0.1, 0.15) is 0 Å². The van der Waals surface area contributed by atoms with Crippen LogP contribution in [0, 0.1) is 5.92 Å². The number of carbonyl (C=O) groups excluding carboxylic acids is 2. The van der Waals surface area contributed by atoms with Crippen molar-refractivity contribution in [3.05, 3.63) is 0 Å². The highest BCUT2D eigenvalue weighted by molar-refractivity contribution is 7.80. The molecule has 0 bridgehead atoms. The van der Waals surface area contributed by atoms with Crippen molar-refractivity contribution in [1.29, 1.82) is 0 Å². The zero-order chi connectivity index (χ0) is 16.8. The third-order valence-corrected chi connectivity index (χ3v) is 4.85. The Morgan fingerprint density at radius 3 is 2.17 bits per heavy atom. The first-order valence-electron chi connectivity index (χ1n) is 8.49. The van der Waals surface area contributed by atoms with Crippen LogP contribution >= 0.6 is 12.2 Å². The van der Waals surface area contributed by atoms with E-state index in [0.717, 1.165) is 19.6 Å². The fourth-order valence-electron chi connectivity index (χ4n) is 3.05. The summed E-state index contributed by atoms with van der Waals surface area (Å²) in [6.07, 6.45) is 5.32. The molecule has 0 spiro atoms. The van der Waals surface area contributed by atoms with E-state index in [-0.39, 0.29) is 11.8 Å². The van der Waals surface area contributed by atoms with Crippen LogP contribution < -0.4 is 0 Å². The number of aliphatic imine (C=N–C) groups is 1. The number of likely N-dealkylation sites (tertiary alicyclic amines) is 1. The molecule has 0 N–H and O–H groups in total. The van der Waals surface area contributed by atoms with Crippen molar-refractivity contribution < 1.29 is 9.59 Å². The van der Waals surface area contributed by atoms with Gasteiger partial charge in [-0.2, -0.15) is 0 Å². The topological polar surface area (TPSA) is 56.2 Å². The molecule has 0 aliphatic carbocycles. The summed E-state index contributed by atoms with van der Waals surface area (Å²) in [4.78, 5) is 34.6. The lowest BCUT2D eigenvalue weighted by Gasteiger charge is -2.37. The van der Waals surface area contributed by atoms with E-state index < -0.39 is 5.92 Å². The highest BCUT2D eigenvalue weighted by Gasteiger charge is 2.41. The van der Waals surface area contributed by atoms with Gasteiger partial charge in [-0.05, 0) is 52.0 Å². The average molecular weight is 338 g/mol. The molecule has 2 rings (SSSR count). The van der Waals surface area contributed by atoms with Crippen LogP contribution in [0.2, 0.25) is 0 Å². The van der Waals surface area contributed by atoms with Crippen LogP contribution in [0.5, 0.6) is 0 Å². The number of piperidine rings is 1. The van der Waals surface area contributed by atoms with Gasteiger partial charge in [-0.15, -0.1) is 0 Å². The predicted molar refractivity (Wildman–Crippen MR) is 94.5 cm³/mol. The van der Waals surface area contributed by atoms with Gasteiger partial charge in [0.25, 0.3) is 0 Å². The number of rotatable bonds is 6. The van der Waals surface area contributed by atoms with Crippen molar-refractivity contribution in [2.75, 3.05) is 39.3 Å². The molecule has 0 aromatic rings. The summed E-state index contributed by atoms with van der Waals surface area (Å²) in [5, 5.41) is 0.308. The highest BCUT2D eigenvalue weighted by Crippen LogP contribution is 2.17. The standard InChI is InChI=1S/C16H26N4O2S/c1-3-19-14(21)13(15(22)20(4-2)16(19)23)12-17-8-11-18-9-6-5-7-10-18/h12-13H,3-11H2,1-2H3. The van der Waals surface area contributed by atoms with E-state index in [4.69, 9.17) is 12.2 Å².